The molecule has 0 fully saturated rings. The standard InChI is InChI=1S/C7H6N4O2.ClH/c8-5-4-1-3(7(12)13)2-9-6(4)11-10-5;/h1-2H,(H,12,13)(H3,8,9,10,11);1H. The van der Waals surface area contributed by atoms with Crippen molar-refractivity contribution in [2.75, 3.05) is 5.73 Å². The Morgan fingerprint density at radius 1 is 1.57 bits per heavy atom. The maximum atomic E-state index is 10.6. The average Bonchev–Trinajstić information content (AvgIpc) is 2.47. The second-order valence-corrected chi connectivity index (χ2v) is 2.54. The number of anilines is 1. The van der Waals surface area contributed by atoms with Gasteiger partial charge in [0.2, 0.25) is 0 Å². The Kier molecular flexibility index (Phi) is 2.57. The number of carboxylic acid groups (broad SMARTS) is 1. The van der Waals surface area contributed by atoms with E-state index in [0.717, 1.165) is 0 Å². The molecule has 6 nitrogen and oxygen atoms in total. The lowest BCUT2D eigenvalue weighted by atomic mass is 10.2. The molecule has 0 atom stereocenters. The van der Waals surface area contributed by atoms with E-state index < -0.39 is 5.97 Å². The summed E-state index contributed by atoms with van der Waals surface area (Å²) in [6.07, 6.45) is 1.24. The van der Waals surface area contributed by atoms with Crippen LogP contribution >= 0.6 is 12.4 Å². The van der Waals surface area contributed by atoms with Crippen molar-refractivity contribution in [3.63, 3.8) is 0 Å². The highest BCUT2D eigenvalue weighted by atomic mass is 35.5. The number of nitrogen functional groups attached to an aromatic ring is 1. The lowest BCUT2D eigenvalue weighted by Gasteiger charge is -1.92. The van der Waals surface area contributed by atoms with Crippen molar-refractivity contribution in [1.82, 2.24) is 15.2 Å². The van der Waals surface area contributed by atoms with E-state index in [2.05, 4.69) is 15.2 Å². The van der Waals surface area contributed by atoms with E-state index in [1.807, 2.05) is 0 Å². The number of halogens is 1. The fraction of sp³-hybridized carbons (Fsp3) is 0. The largest absolute Gasteiger partial charge is 0.478 e. The zero-order chi connectivity index (χ0) is 9.42. The van der Waals surface area contributed by atoms with Crippen LogP contribution in [0.4, 0.5) is 5.82 Å². The number of aromatic amines is 1. The van der Waals surface area contributed by atoms with E-state index >= 15 is 0 Å². The number of aromatic nitrogens is 3. The summed E-state index contributed by atoms with van der Waals surface area (Å²) >= 11 is 0. The number of hydrogen-bond acceptors (Lipinski definition) is 4. The molecule has 2 aromatic heterocycles. The molecular weight excluding hydrogens is 208 g/mol. The normalized spacial score (nSPS) is 9.71. The first-order valence-corrected chi connectivity index (χ1v) is 3.51. The number of H-pyrrole nitrogens is 1. The van der Waals surface area contributed by atoms with Crippen molar-refractivity contribution in [2.45, 2.75) is 0 Å². The number of pyridine rings is 1. The first-order valence-electron chi connectivity index (χ1n) is 3.51. The molecule has 4 N–H and O–H groups in total. The van der Waals surface area contributed by atoms with Crippen molar-refractivity contribution in [3.05, 3.63) is 17.8 Å². The molecule has 0 aliphatic heterocycles. The topological polar surface area (TPSA) is 105 Å². The van der Waals surface area contributed by atoms with Crippen LogP contribution in [0.3, 0.4) is 0 Å². The molecule has 0 aromatic carbocycles. The van der Waals surface area contributed by atoms with E-state index in [1.165, 1.54) is 12.3 Å². The number of rotatable bonds is 1. The van der Waals surface area contributed by atoms with E-state index in [0.29, 0.717) is 16.9 Å². The number of nitrogens with one attached hydrogen (secondary N) is 1. The predicted molar refractivity (Wildman–Crippen MR) is 52.5 cm³/mol. The summed E-state index contributed by atoms with van der Waals surface area (Å²) in [6.45, 7) is 0. The first-order chi connectivity index (χ1) is 6.18. The Morgan fingerprint density at radius 3 is 2.93 bits per heavy atom. The third-order valence-electron chi connectivity index (χ3n) is 1.69. The molecule has 0 amide bonds. The van der Waals surface area contributed by atoms with Gasteiger partial charge in [-0.05, 0) is 6.07 Å². The quantitative estimate of drug-likeness (QED) is 0.647. The fourth-order valence-electron chi connectivity index (χ4n) is 1.04. The number of nitrogens with two attached hydrogens (primary N) is 1. The second-order valence-electron chi connectivity index (χ2n) is 2.54. The predicted octanol–water partition coefficient (Wildman–Crippen LogP) is 0.660. The Hall–Kier alpha value is -1.82. The minimum Gasteiger partial charge on any atom is -0.478 e. The lowest BCUT2D eigenvalue weighted by Crippen LogP contribution is -1.96. The van der Waals surface area contributed by atoms with Gasteiger partial charge in [-0.3, -0.25) is 5.10 Å². The number of aromatic carboxylic acids is 1. The highest BCUT2D eigenvalue weighted by Gasteiger charge is 2.08. The molecular formula is C7H7ClN4O2. The van der Waals surface area contributed by atoms with Crippen LogP contribution in [0.15, 0.2) is 12.3 Å². The van der Waals surface area contributed by atoms with E-state index in [9.17, 15) is 4.79 Å². The highest BCUT2D eigenvalue weighted by molar-refractivity contribution is 5.94. The summed E-state index contributed by atoms with van der Waals surface area (Å²) in [7, 11) is 0. The van der Waals surface area contributed by atoms with Gasteiger partial charge in [0.15, 0.2) is 5.65 Å². The maximum Gasteiger partial charge on any atom is 0.337 e. The highest BCUT2D eigenvalue weighted by Crippen LogP contribution is 2.16. The number of fused-ring (bicyclic) bond motifs is 1. The summed E-state index contributed by atoms with van der Waals surface area (Å²) < 4.78 is 0. The van der Waals surface area contributed by atoms with Crippen LogP contribution in [-0.4, -0.2) is 26.3 Å². The molecule has 74 valence electrons. The van der Waals surface area contributed by atoms with Crippen molar-refractivity contribution < 1.29 is 9.90 Å². The molecule has 0 aliphatic carbocycles. The van der Waals surface area contributed by atoms with Crippen LogP contribution in [0.2, 0.25) is 0 Å². The zero-order valence-corrected chi connectivity index (χ0v) is 7.71. The van der Waals surface area contributed by atoms with Crippen LogP contribution in [0.1, 0.15) is 10.4 Å². The Balaban J connectivity index is 0.000000980. The number of carbonyl (C=O) groups is 1. The third-order valence-corrected chi connectivity index (χ3v) is 1.69. The van der Waals surface area contributed by atoms with Gasteiger partial charge in [-0.15, -0.1) is 12.4 Å². The van der Waals surface area contributed by atoms with Crippen LogP contribution in [0, 0.1) is 0 Å². The van der Waals surface area contributed by atoms with Gasteiger partial charge < -0.3 is 10.8 Å². The molecule has 2 heterocycles. The molecule has 0 bridgehead atoms. The molecule has 0 radical (unpaired) electrons. The first kappa shape index (κ1) is 10.3. The van der Waals surface area contributed by atoms with Crippen LogP contribution in [0.25, 0.3) is 11.0 Å². The summed E-state index contributed by atoms with van der Waals surface area (Å²) in [4.78, 5) is 14.4. The van der Waals surface area contributed by atoms with E-state index in [4.69, 9.17) is 10.8 Å². The smallest absolute Gasteiger partial charge is 0.337 e. The second kappa shape index (κ2) is 3.51. The average molecular weight is 215 g/mol. The number of carboxylic acids is 1. The van der Waals surface area contributed by atoms with Gasteiger partial charge >= 0.3 is 5.97 Å². The SMILES string of the molecule is Cl.Nc1[nH]nc2ncc(C(=O)O)cc12. The minimum absolute atomic E-state index is 0. The summed E-state index contributed by atoms with van der Waals surface area (Å²) in [6, 6.07) is 1.43. The Bertz CT molecular complexity index is 481. The molecule has 0 unspecified atom stereocenters. The monoisotopic (exact) mass is 214 g/mol. The summed E-state index contributed by atoms with van der Waals surface area (Å²) in [5, 5.41) is 15.5. The zero-order valence-electron chi connectivity index (χ0n) is 6.89. The lowest BCUT2D eigenvalue weighted by molar-refractivity contribution is 0.0696. The minimum atomic E-state index is -1.03. The third kappa shape index (κ3) is 1.47. The summed E-state index contributed by atoms with van der Waals surface area (Å²) in [5.41, 5.74) is 6.01. The van der Waals surface area contributed by atoms with Crippen LogP contribution in [0.5, 0.6) is 0 Å². The molecule has 0 saturated carbocycles. The van der Waals surface area contributed by atoms with E-state index in [-0.39, 0.29) is 18.0 Å². The van der Waals surface area contributed by atoms with Crippen molar-refractivity contribution in [3.8, 4) is 0 Å². The Labute approximate surface area is 84.5 Å². The summed E-state index contributed by atoms with van der Waals surface area (Å²) in [5.74, 6) is -0.708. The van der Waals surface area contributed by atoms with Gasteiger partial charge in [0.1, 0.15) is 5.82 Å². The molecule has 7 heteroatoms. The van der Waals surface area contributed by atoms with Gasteiger partial charge in [0.25, 0.3) is 0 Å². The molecule has 0 spiro atoms. The van der Waals surface area contributed by atoms with Gasteiger partial charge in [0.05, 0.1) is 10.9 Å². The van der Waals surface area contributed by atoms with Crippen molar-refractivity contribution in [1.29, 1.82) is 0 Å². The van der Waals surface area contributed by atoms with Crippen molar-refractivity contribution in [2.24, 2.45) is 0 Å². The Morgan fingerprint density at radius 2 is 2.29 bits per heavy atom. The van der Waals surface area contributed by atoms with Crippen LogP contribution < -0.4 is 5.73 Å². The maximum absolute atomic E-state index is 10.6. The van der Waals surface area contributed by atoms with Gasteiger partial charge in [0, 0.05) is 6.20 Å². The molecule has 14 heavy (non-hydrogen) atoms. The molecule has 0 saturated heterocycles. The molecule has 2 rings (SSSR count). The van der Waals surface area contributed by atoms with Crippen LogP contribution in [-0.2, 0) is 0 Å². The fourth-order valence-corrected chi connectivity index (χ4v) is 1.04. The van der Waals surface area contributed by atoms with Crippen molar-refractivity contribution >= 4 is 35.2 Å². The van der Waals surface area contributed by atoms with Gasteiger partial charge in [-0.1, -0.05) is 0 Å². The number of hydrogen-bond donors (Lipinski definition) is 3. The molecule has 2 aromatic rings. The molecule has 0 aliphatic rings. The van der Waals surface area contributed by atoms with Gasteiger partial charge in [-0.25, -0.2) is 9.78 Å². The number of nitrogens with zero attached hydrogens (tertiary/aromatic N) is 2. The van der Waals surface area contributed by atoms with Gasteiger partial charge in [-0.2, -0.15) is 5.10 Å². The van der Waals surface area contributed by atoms with E-state index in [1.54, 1.807) is 0 Å².